The van der Waals surface area contributed by atoms with Gasteiger partial charge in [-0.15, -0.1) is 0 Å². The predicted octanol–water partition coefficient (Wildman–Crippen LogP) is 1.35. The third-order valence-electron chi connectivity index (χ3n) is 5.96. The van der Waals surface area contributed by atoms with Gasteiger partial charge in [-0.05, 0) is 42.8 Å². The summed E-state index contributed by atoms with van der Waals surface area (Å²) in [4.78, 5) is 43.2. The monoisotopic (exact) mass is 442 g/mol. The molecule has 3 aromatic heterocycles. The van der Waals surface area contributed by atoms with E-state index in [-0.39, 0.29) is 11.5 Å². The molecule has 0 bridgehead atoms. The van der Waals surface area contributed by atoms with Crippen LogP contribution in [0.2, 0.25) is 0 Å². The summed E-state index contributed by atoms with van der Waals surface area (Å²) < 4.78 is 3.41. The van der Waals surface area contributed by atoms with E-state index in [1.54, 1.807) is 57.7 Å². The van der Waals surface area contributed by atoms with Gasteiger partial charge in [-0.1, -0.05) is 6.07 Å². The van der Waals surface area contributed by atoms with E-state index in [0.717, 1.165) is 23.4 Å². The van der Waals surface area contributed by atoms with Crippen molar-refractivity contribution in [2.24, 2.45) is 0 Å². The molecule has 1 aromatic carbocycles. The zero-order valence-corrected chi connectivity index (χ0v) is 18.1. The minimum atomic E-state index is -0.196. The van der Waals surface area contributed by atoms with Gasteiger partial charge in [0.2, 0.25) is 6.41 Å². The van der Waals surface area contributed by atoms with Crippen LogP contribution in [0.4, 0.5) is 0 Å². The van der Waals surface area contributed by atoms with Crippen LogP contribution in [-0.4, -0.2) is 50.0 Å². The Morgan fingerprint density at radius 3 is 2.70 bits per heavy atom. The minimum Gasteiger partial charge on any atom is -0.355 e. The Kier molecular flexibility index (Phi) is 5.21. The van der Waals surface area contributed by atoms with E-state index in [1.165, 1.54) is 0 Å². The van der Waals surface area contributed by atoms with Gasteiger partial charge in [-0.2, -0.15) is 5.10 Å². The van der Waals surface area contributed by atoms with Gasteiger partial charge in [0.05, 0.1) is 24.1 Å². The second-order valence-electron chi connectivity index (χ2n) is 7.92. The summed E-state index contributed by atoms with van der Waals surface area (Å²) in [6, 6.07) is 12.6. The molecule has 0 saturated heterocycles. The number of carbonyl (C=O) groups excluding carboxylic acids is 2. The summed E-state index contributed by atoms with van der Waals surface area (Å²) >= 11 is 0. The number of carbonyl (C=O) groups is 2. The number of nitrogens with one attached hydrogen (secondary N) is 1. The highest BCUT2D eigenvalue weighted by atomic mass is 16.2. The molecule has 1 aliphatic rings. The smallest absolute Gasteiger partial charge is 0.261 e. The Balaban J connectivity index is 1.74. The van der Waals surface area contributed by atoms with Crippen molar-refractivity contribution in [1.29, 1.82) is 0 Å². The minimum absolute atomic E-state index is 0.140. The summed E-state index contributed by atoms with van der Waals surface area (Å²) in [7, 11) is 1.58. The van der Waals surface area contributed by atoms with Crippen LogP contribution < -0.4 is 10.9 Å². The number of benzene rings is 1. The largest absolute Gasteiger partial charge is 0.355 e. The zero-order chi connectivity index (χ0) is 22.9. The maximum absolute atomic E-state index is 13.7. The molecule has 0 saturated carbocycles. The summed E-state index contributed by atoms with van der Waals surface area (Å²) in [6.07, 6.45) is 5.23. The van der Waals surface area contributed by atoms with Gasteiger partial charge in [0.15, 0.2) is 0 Å². The number of hydrogen-bond donors (Lipinski definition) is 1. The number of amides is 2. The first-order valence-corrected chi connectivity index (χ1v) is 10.7. The van der Waals surface area contributed by atoms with Gasteiger partial charge in [0, 0.05) is 48.6 Å². The molecule has 1 N–H and O–H groups in total. The standard InChI is InChI=1S/C24H22N6O3/c1-25-22(32)16-5-7-19(8-6-16)29-23-17(12-18-4-2-3-10-26-18)13-27-30(23)21-14-28(15-31)11-9-20(21)24(29)33/h2-8,10,13,15H,9,11-12,14H2,1H3,(H,25,32). The second kappa shape index (κ2) is 8.34. The quantitative estimate of drug-likeness (QED) is 0.470. The van der Waals surface area contributed by atoms with Crippen molar-refractivity contribution >= 4 is 18.0 Å². The van der Waals surface area contributed by atoms with Crippen molar-refractivity contribution in [3.05, 3.63) is 93.3 Å². The number of nitrogens with zero attached hydrogens (tertiary/aromatic N) is 5. The topological polar surface area (TPSA) is 102 Å². The first kappa shape index (κ1) is 20.6. The first-order chi connectivity index (χ1) is 16.1. The molecule has 0 radical (unpaired) electrons. The van der Waals surface area contributed by atoms with Crippen molar-refractivity contribution in [3.8, 4) is 5.69 Å². The van der Waals surface area contributed by atoms with E-state index in [1.807, 2.05) is 18.2 Å². The number of pyridine rings is 1. The fourth-order valence-electron chi connectivity index (χ4n) is 4.29. The maximum atomic E-state index is 13.7. The molecule has 0 atom stereocenters. The van der Waals surface area contributed by atoms with Crippen LogP contribution in [0.1, 0.15) is 32.9 Å². The lowest BCUT2D eigenvalue weighted by atomic mass is 10.1. The SMILES string of the molecule is CNC(=O)c1ccc(-n2c(=O)c3c(n4ncc(Cc5ccccn5)c24)CN(C=O)CC3)cc1. The molecular weight excluding hydrogens is 420 g/mol. The second-order valence-corrected chi connectivity index (χ2v) is 7.92. The summed E-state index contributed by atoms with van der Waals surface area (Å²) in [5, 5.41) is 7.21. The molecule has 9 heteroatoms. The van der Waals surface area contributed by atoms with Gasteiger partial charge >= 0.3 is 0 Å². The van der Waals surface area contributed by atoms with E-state index in [4.69, 9.17) is 0 Å². The highest BCUT2D eigenvalue weighted by molar-refractivity contribution is 5.94. The highest BCUT2D eigenvalue weighted by Gasteiger charge is 2.26. The molecule has 5 rings (SSSR count). The Bertz CT molecular complexity index is 1410. The molecule has 33 heavy (non-hydrogen) atoms. The van der Waals surface area contributed by atoms with E-state index in [9.17, 15) is 14.4 Å². The van der Waals surface area contributed by atoms with Crippen molar-refractivity contribution < 1.29 is 9.59 Å². The molecule has 9 nitrogen and oxygen atoms in total. The number of hydrogen-bond acceptors (Lipinski definition) is 5. The third-order valence-corrected chi connectivity index (χ3v) is 5.96. The highest BCUT2D eigenvalue weighted by Crippen LogP contribution is 2.23. The maximum Gasteiger partial charge on any atom is 0.261 e. The van der Waals surface area contributed by atoms with Crippen LogP contribution in [0.25, 0.3) is 11.3 Å². The molecule has 0 unspecified atom stereocenters. The van der Waals surface area contributed by atoms with Crippen LogP contribution in [0.15, 0.2) is 59.7 Å². The fourth-order valence-corrected chi connectivity index (χ4v) is 4.29. The zero-order valence-electron chi connectivity index (χ0n) is 18.1. The third kappa shape index (κ3) is 3.57. The summed E-state index contributed by atoms with van der Waals surface area (Å²) in [6.45, 7) is 0.806. The average Bonchev–Trinajstić information content (AvgIpc) is 3.27. The Labute approximate surface area is 189 Å². The fraction of sp³-hybridized carbons (Fsp3) is 0.208. The van der Waals surface area contributed by atoms with E-state index >= 15 is 0 Å². The molecule has 166 valence electrons. The molecular formula is C24H22N6O3. The summed E-state index contributed by atoms with van der Waals surface area (Å²) in [5.74, 6) is -0.196. The number of fused-ring (bicyclic) bond motifs is 3. The van der Waals surface area contributed by atoms with Gasteiger partial charge < -0.3 is 10.2 Å². The molecule has 0 spiro atoms. The lowest BCUT2D eigenvalue weighted by Gasteiger charge is -2.26. The van der Waals surface area contributed by atoms with Gasteiger partial charge in [-0.25, -0.2) is 4.52 Å². The van der Waals surface area contributed by atoms with E-state index in [0.29, 0.717) is 48.4 Å². The van der Waals surface area contributed by atoms with Gasteiger partial charge in [0.25, 0.3) is 11.5 Å². The van der Waals surface area contributed by atoms with Crippen molar-refractivity contribution in [3.63, 3.8) is 0 Å². The van der Waals surface area contributed by atoms with Crippen LogP contribution in [-0.2, 0) is 24.2 Å². The molecule has 4 heterocycles. The molecule has 2 amide bonds. The van der Waals surface area contributed by atoms with Crippen LogP contribution >= 0.6 is 0 Å². The average molecular weight is 442 g/mol. The molecule has 4 aromatic rings. The lowest BCUT2D eigenvalue weighted by Crippen LogP contribution is -2.38. The normalized spacial score (nSPS) is 13.1. The lowest BCUT2D eigenvalue weighted by molar-refractivity contribution is -0.119. The molecule has 0 aliphatic carbocycles. The van der Waals surface area contributed by atoms with Crippen LogP contribution in [0, 0.1) is 0 Å². The first-order valence-electron chi connectivity index (χ1n) is 10.7. The molecule has 0 fully saturated rings. The van der Waals surface area contributed by atoms with Gasteiger partial charge in [-0.3, -0.25) is 23.9 Å². The predicted molar refractivity (Wildman–Crippen MR) is 121 cm³/mol. The number of rotatable bonds is 5. The Hall–Kier alpha value is -4.27. The van der Waals surface area contributed by atoms with Crippen molar-refractivity contribution in [2.45, 2.75) is 19.4 Å². The Morgan fingerprint density at radius 2 is 2.00 bits per heavy atom. The molecule has 1 aliphatic heterocycles. The van der Waals surface area contributed by atoms with Crippen LogP contribution in [0.3, 0.4) is 0 Å². The van der Waals surface area contributed by atoms with E-state index in [2.05, 4.69) is 15.4 Å². The van der Waals surface area contributed by atoms with E-state index < -0.39 is 0 Å². The van der Waals surface area contributed by atoms with Gasteiger partial charge in [0.1, 0.15) is 5.65 Å². The van der Waals surface area contributed by atoms with Crippen molar-refractivity contribution in [1.82, 2.24) is 29.4 Å². The summed E-state index contributed by atoms with van der Waals surface area (Å²) in [5.41, 5.74) is 4.69. The number of aromatic nitrogens is 4. The van der Waals surface area contributed by atoms with Crippen molar-refractivity contribution in [2.75, 3.05) is 13.6 Å². The van der Waals surface area contributed by atoms with Crippen LogP contribution in [0.5, 0.6) is 0 Å². The Morgan fingerprint density at radius 1 is 1.18 bits per heavy atom.